The molecule has 1 unspecified atom stereocenters. The van der Waals surface area contributed by atoms with Crippen LogP contribution in [0.1, 0.15) is 17.2 Å². The van der Waals surface area contributed by atoms with E-state index in [9.17, 15) is 8.42 Å². The summed E-state index contributed by atoms with van der Waals surface area (Å²) in [6.07, 6.45) is 1.85. The minimum Gasteiger partial charge on any atom is -0.497 e. The molecule has 0 bridgehead atoms. The number of hydrogen-bond acceptors (Lipinski definition) is 3. The van der Waals surface area contributed by atoms with Gasteiger partial charge < -0.3 is 9.72 Å². The molecule has 22 heavy (non-hydrogen) atoms. The molecule has 1 atom stereocenters. The Morgan fingerprint density at radius 2 is 1.91 bits per heavy atom. The summed E-state index contributed by atoms with van der Waals surface area (Å²) in [5.74, 6) is 0.738. The smallest absolute Gasteiger partial charge is 0.241 e. The van der Waals surface area contributed by atoms with E-state index in [1.165, 1.54) is 0 Å². The van der Waals surface area contributed by atoms with Crippen molar-refractivity contribution in [3.05, 3.63) is 59.8 Å². The van der Waals surface area contributed by atoms with Crippen molar-refractivity contribution in [3.8, 4) is 5.75 Å². The Morgan fingerprint density at radius 1 is 1.09 bits per heavy atom. The standard InChI is InChI=1S/C16H14N2O3S/c1-21-10-6-7-14-12(8-10)13(9-17-14)16-11-4-2-3-5-15(11)22(19,20)18-16/h2-9,16-18H,1H3. The maximum atomic E-state index is 12.3. The largest absolute Gasteiger partial charge is 0.497 e. The molecule has 1 aliphatic heterocycles. The number of ether oxygens (including phenoxy) is 1. The number of hydrogen-bond donors (Lipinski definition) is 2. The molecule has 5 nitrogen and oxygen atoms in total. The summed E-state index contributed by atoms with van der Waals surface area (Å²) in [7, 11) is -1.85. The van der Waals surface area contributed by atoms with Gasteiger partial charge in [0.05, 0.1) is 18.0 Å². The first-order valence-corrected chi connectivity index (χ1v) is 8.35. The van der Waals surface area contributed by atoms with Crippen molar-refractivity contribution in [2.45, 2.75) is 10.9 Å². The Balaban J connectivity index is 1.94. The van der Waals surface area contributed by atoms with Gasteiger partial charge in [-0.3, -0.25) is 0 Å². The van der Waals surface area contributed by atoms with Crippen LogP contribution < -0.4 is 9.46 Å². The van der Waals surface area contributed by atoms with Gasteiger partial charge in [-0.25, -0.2) is 8.42 Å². The first-order valence-electron chi connectivity index (χ1n) is 6.86. The molecule has 0 amide bonds. The first-order chi connectivity index (χ1) is 10.6. The summed E-state index contributed by atoms with van der Waals surface area (Å²) in [6.45, 7) is 0. The van der Waals surface area contributed by atoms with Crippen LogP contribution in [0.2, 0.25) is 0 Å². The van der Waals surface area contributed by atoms with E-state index in [0.29, 0.717) is 4.90 Å². The molecule has 0 fully saturated rings. The van der Waals surface area contributed by atoms with Crippen molar-refractivity contribution < 1.29 is 13.2 Å². The SMILES string of the molecule is COc1ccc2[nH]cc(C3NS(=O)(=O)c4ccccc43)c2c1. The molecule has 112 valence electrons. The number of sulfonamides is 1. The third kappa shape index (κ3) is 1.84. The minimum atomic E-state index is -3.46. The molecule has 2 aromatic carbocycles. The fourth-order valence-electron chi connectivity index (χ4n) is 2.96. The monoisotopic (exact) mass is 314 g/mol. The molecule has 0 saturated heterocycles. The maximum Gasteiger partial charge on any atom is 0.241 e. The molecule has 1 aliphatic rings. The van der Waals surface area contributed by atoms with Crippen LogP contribution in [-0.4, -0.2) is 20.5 Å². The van der Waals surface area contributed by atoms with Crippen LogP contribution in [0.3, 0.4) is 0 Å². The highest BCUT2D eigenvalue weighted by molar-refractivity contribution is 7.89. The number of fused-ring (bicyclic) bond motifs is 2. The fraction of sp³-hybridized carbons (Fsp3) is 0.125. The van der Waals surface area contributed by atoms with Crippen LogP contribution in [0.5, 0.6) is 5.75 Å². The topological polar surface area (TPSA) is 71.2 Å². The summed E-state index contributed by atoms with van der Waals surface area (Å²) in [4.78, 5) is 3.53. The maximum absolute atomic E-state index is 12.3. The predicted molar refractivity (Wildman–Crippen MR) is 83.5 cm³/mol. The van der Waals surface area contributed by atoms with Crippen LogP contribution in [0, 0.1) is 0 Å². The van der Waals surface area contributed by atoms with Gasteiger partial charge in [0.1, 0.15) is 5.75 Å². The average Bonchev–Trinajstić information content (AvgIpc) is 3.06. The summed E-state index contributed by atoms with van der Waals surface area (Å²) >= 11 is 0. The molecule has 0 aliphatic carbocycles. The average molecular weight is 314 g/mol. The molecule has 2 heterocycles. The molecule has 0 radical (unpaired) electrons. The van der Waals surface area contributed by atoms with E-state index in [4.69, 9.17) is 4.74 Å². The Hall–Kier alpha value is -2.31. The zero-order chi connectivity index (χ0) is 15.3. The van der Waals surface area contributed by atoms with Gasteiger partial charge in [0.2, 0.25) is 10.0 Å². The minimum absolute atomic E-state index is 0.345. The zero-order valence-corrected chi connectivity index (χ0v) is 12.6. The molecule has 1 aromatic heterocycles. The lowest BCUT2D eigenvalue weighted by molar-refractivity contribution is 0.415. The number of rotatable bonds is 2. The fourth-order valence-corrected chi connectivity index (χ4v) is 4.41. The number of H-pyrrole nitrogens is 1. The predicted octanol–water partition coefficient (Wildman–Crippen LogP) is 2.56. The van der Waals surface area contributed by atoms with Crippen LogP contribution in [-0.2, 0) is 10.0 Å². The van der Waals surface area contributed by atoms with E-state index >= 15 is 0 Å². The Bertz CT molecular complexity index is 976. The first kappa shape index (κ1) is 13.4. The number of benzene rings is 2. The second-order valence-corrected chi connectivity index (χ2v) is 6.93. The lowest BCUT2D eigenvalue weighted by Crippen LogP contribution is -2.20. The summed E-state index contributed by atoms with van der Waals surface area (Å²) in [5, 5.41) is 0.948. The molecular formula is C16H14N2O3S. The van der Waals surface area contributed by atoms with Gasteiger partial charge in [-0.05, 0) is 29.8 Å². The summed E-state index contributed by atoms with van der Waals surface area (Å²) < 4.78 is 32.5. The van der Waals surface area contributed by atoms with Gasteiger partial charge in [0.25, 0.3) is 0 Å². The van der Waals surface area contributed by atoms with Crippen LogP contribution >= 0.6 is 0 Å². The van der Waals surface area contributed by atoms with Crippen LogP contribution in [0.25, 0.3) is 10.9 Å². The summed E-state index contributed by atoms with van der Waals surface area (Å²) in [6, 6.07) is 12.4. The molecule has 0 saturated carbocycles. The number of aromatic nitrogens is 1. The molecular weight excluding hydrogens is 300 g/mol. The number of methoxy groups -OCH3 is 1. The number of aromatic amines is 1. The zero-order valence-electron chi connectivity index (χ0n) is 11.8. The number of nitrogens with one attached hydrogen (secondary N) is 2. The van der Waals surface area contributed by atoms with Gasteiger partial charge in [-0.1, -0.05) is 18.2 Å². The van der Waals surface area contributed by atoms with E-state index in [-0.39, 0.29) is 6.04 Å². The van der Waals surface area contributed by atoms with Gasteiger partial charge in [0.15, 0.2) is 0 Å². The van der Waals surface area contributed by atoms with E-state index in [1.54, 1.807) is 19.2 Å². The van der Waals surface area contributed by atoms with Crippen LogP contribution in [0.4, 0.5) is 0 Å². The third-order valence-electron chi connectivity index (χ3n) is 4.02. The molecule has 2 N–H and O–H groups in total. The van der Waals surface area contributed by atoms with Crippen molar-refractivity contribution in [3.63, 3.8) is 0 Å². The van der Waals surface area contributed by atoms with E-state index < -0.39 is 10.0 Å². The van der Waals surface area contributed by atoms with E-state index in [0.717, 1.165) is 27.8 Å². The van der Waals surface area contributed by atoms with Gasteiger partial charge in [-0.15, -0.1) is 0 Å². The molecule has 4 rings (SSSR count). The second kappa shape index (κ2) is 4.59. The van der Waals surface area contributed by atoms with Crippen molar-refractivity contribution >= 4 is 20.9 Å². The highest BCUT2D eigenvalue weighted by Crippen LogP contribution is 2.38. The highest BCUT2D eigenvalue weighted by atomic mass is 32.2. The van der Waals surface area contributed by atoms with Crippen LogP contribution in [0.15, 0.2) is 53.6 Å². The highest BCUT2D eigenvalue weighted by Gasteiger charge is 2.35. The quantitative estimate of drug-likeness (QED) is 0.763. The Kier molecular flexibility index (Phi) is 2.79. The van der Waals surface area contributed by atoms with Gasteiger partial charge >= 0.3 is 0 Å². The van der Waals surface area contributed by atoms with Crippen molar-refractivity contribution in [1.82, 2.24) is 9.71 Å². The molecule has 6 heteroatoms. The van der Waals surface area contributed by atoms with E-state index in [2.05, 4.69) is 9.71 Å². The third-order valence-corrected chi connectivity index (χ3v) is 5.52. The van der Waals surface area contributed by atoms with Gasteiger partial charge in [-0.2, -0.15) is 4.72 Å². The van der Waals surface area contributed by atoms with Crippen molar-refractivity contribution in [2.75, 3.05) is 7.11 Å². The molecule has 0 spiro atoms. The lowest BCUT2D eigenvalue weighted by atomic mass is 9.99. The van der Waals surface area contributed by atoms with Crippen molar-refractivity contribution in [2.24, 2.45) is 0 Å². The second-order valence-electron chi connectivity index (χ2n) is 5.25. The van der Waals surface area contributed by atoms with E-state index in [1.807, 2.05) is 36.5 Å². The lowest BCUT2D eigenvalue weighted by Gasteiger charge is -2.10. The van der Waals surface area contributed by atoms with Crippen molar-refractivity contribution in [1.29, 1.82) is 0 Å². The molecule has 3 aromatic rings. The summed E-state index contributed by atoms with van der Waals surface area (Å²) in [5.41, 5.74) is 2.60. The Labute approximate surface area is 128 Å². The Morgan fingerprint density at radius 3 is 2.73 bits per heavy atom. The van der Waals surface area contributed by atoms with Gasteiger partial charge in [0, 0.05) is 22.7 Å². The normalized spacial score (nSPS) is 19.2.